The van der Waals surface area contributed by atoms with Crippen LogP contribution in [0, 0.1) is 12.7 Å². The molecule has 7 nitrogen and oxygen atoms in total. The van der Waals surface area contributed by atoms with E-state index in [2.05, 4.69) is 15.4 Å². The van der Waals surface area contributed by atoms with Crippen molar-refractivity contribution < 1.29 is 13.7 Å². The molecule has 0 spiro atoms. The fourth-order valence-electron chi connectivity index (χ4n) is 1.81. The average Bonchev–Trinajstić information content (AvgIpc) is 3.11. The highest BCUT2D eigenvalue weighted by atomic mass is 32.2. The maximum absolute atomic E-state index is 12.8. The van der Waals surface area contributed by atoms with Crippen LogP contribution in [0.4, 0.5) is 4.39 Å². The Balaban J connectivity index is 1.59. The minimum Gasteiger partial charge on any atom is -0.486 e. The maximum Gasteiger partial charge on any atom is 0.210 e. The first-order valence-corrected chi connectivity index (χ1v) is 7.73. The number of ether oxygens (including phenoxy) is 1. The van der Waals surface area contributed by atoms with Gasteiger partial charge >= 0.3 is 0 Å². The molecule has 2 heterocycles. The molecule has 0 amide bonds. The summed E-state index contributed by atoms with van der Waals surface area (Å²) in [4.78, 5) is 0. The van der Waals surface area contributed by atoms with Gasteiger partial charge in [0.15, 0.2) is 5.82 Å². The van der Waals surface area contributed by atoms with Crippen LogP contribution in [0.15, 0.2) is 40.0 Å². The van der Waals surface area contributed by atoms with Gasteiger partial charge in [0.1, 0.15) is 23.9 Å². The smallest absolute Gasteiger partial charge is 0.210 e. The number of nitrogen functional groups attached to an aromatic ring is 1. The van der Waals surface area contributed by atoms with Crippen LogP contribution in [-0.4, -0.2) is 20.0 Å². The first-order valence-electron chi connectivity index (χ1n) is 6.74. The zero-order chi connectivity index (χ0) is 16.2. The zero-order valence-corrected chi connectivity index (χ0v) is 13.1. The zero-order valence-electron chi connectivity index (χ0n) is 12.3. The third-order valence-corrected chi connectivity index (χ3v) is 3.92. The minimum absolute atomic E-state index is 0.138. The Labute approximate surface area is 135 Å². The Kier molecular flexibility index (Phi) is 4.47. The lowest BCUT2D eigenvalue weighted by molar-refractivity contribution is 0.291. The van der Waals surface area contributed by atoms with E-state index in [9.17, 15) is 4.39 Å². The predicted molar refractivity (Wildman–Crippen MR) is 81.7 cm³/mol. The number of aromatic nitrogens is 4. The first-order chi connectivity index (χ1) is 11.1. The molecule has 0 saturated carbocycles. The number of hydrogen-bond donors (Lipinski definition) is 1. The van der Waals surface area contributed by atoms with E-state index in [1.165, 1.54) is 40.7 Å². The van der Waals surface area contributed by atoms with Crippen molar-refractivity contribution in [2.75, 3.05) is 5.84 Å². The monoisotopic (exact) mass is 335 g/mol. The van der Waals surface area contributed by atoms with E-state index in [-0.39, 0.29) is 12.4 Å². The van der Waals surface area contributed by atoms with E-state index in [0.29, 0.717) is 22.5 Å². The molecule has 3 aromatic rings. The van der Waals surface area contributed by atoms with Gasteiger partial charge in [-0.2, -0.15) is 0 Å². The Morgan fingerprint density at radius 2 is 2.09 bits per heavy atom. The Bertz CT molecular complexity index is 787. The molecular formula is C14H14FN5O2S. The predicted octanol–water partition coefficient (Wildman–Crippen LogP) is 2.30. The van der Waals surface area contributed by atoms with Crippen LogP contribution >= 0.6 is 11.8 Å². The summed E-state index contributed by atoms with van der Waals surface area (Å²) in [5.74, 6) is 7.95. The summed E-state index contributed by atoms with van der Waals surface area (Å²) in [5.41, 5.74) is 0.805. The minimum atomic E-state index is -0.318. The fourth-order valence-corrected chi connectivity index (χ4v) is 2.56. The molecule has 9 heteroatoms. The Morgan fingerprint density at radius 3 is 2.78 bits per heavy atom. The molecule has 0 fully saturated rings. The molecule has 3 rings (SSSR count). The Morgan fingerprint density at radius 1 is 1.30 bits per heavy atom. The van der Waals surface area contributed by atoms with Gasteiger partial charge in [-0.25, -0.2) is 9.07 Å². The van der Waals surface area contributed by atoms with Crippen LogP contribution in [0.2, 0.25) is 0 Å². The third kappa shape index (κ3) is 3.81. The van der Waals surface area contributed by atoms with Crippen LogP contribution in [0.3, 0.4) is 0 Å². The Hall–Kier alpha value is -2.55. The van der Waals surface area contributed by atoms with E-state index < -0.39 is 0 Å². The summed E-state index contributed by atoms with van der Waals surface area (Å²) in [7, 11) is 0. The van der Waals surface area contributed by atoms with Crippen molar-refractivity contribution in [3.05, 3.63) is 53.4 Å². The number of benzene rings is 1. The number of hydrogen-bond acceptors (Lipinski definition) is 7. The van der Waals surface area contributed by atoms with E-state index in [4.69, 9.17) is 15.1 Å². The summed E-state index contributed by atoms with van der Waals surface area (Å²) in [5, 5.41) is 12.5. The molecule has 1 aromatic carbocycles. The molecule has 2 aromatic heterocycles. The SMILES string of the molecule is Cc1cc(CSc2nnc(COc3ccc(F)cc3)n2N)no1. The van der Waals surface area contributed by atoms with Gasteiger partial charge in [0.05, 0.1) is 5.69 Å². The van der Waals surface area contributed by atoms with E-state index >= 15 is 0 Å². The molecule has 0 atom stereocenters. The summed E-state index contributed by atoms with van der Waals surface area (Å²) >= 11 is 1.39. The second kappa shape index (κ2) is 6.69. The van der Waals surface area contributed by atoms with Gasteiger partial charge in [-0.1, -0.05) is 16.9 Å². The van der Waals surface area contributed by atoms with Gasteiger partial charge in [-0.05, 0) is 31.2 Å². The molecule has 23 heavy (non-hydrogen) atoms. The second-order valence-corrected chi connectivity index (χ2v) is 5.67. The quantitative estimate of drug-likeness (QED) is 0.546. The highest BCUT2D eigenvalue weighted by Crippen LogP contribution is 2.21. The fraction of sp³-hybridized carbons (Fsp3) is 0.214. The topological polar surface area (TPSA) is 92.0 Å². The van der Waals surface area contributed by atoms with Crippen molar-refractivity contribution in [3.63, 3.8) is 0 Å². The molecule has 0 saturated heterocycles. The molecule has 0 bridgehead atoms. The molecule has 0 radical (unpaired) electrons. The van der Waals surface area contributed by atoms with Crippen molar-refractivity contribution in [1.82, 2.24) is 20.0 Å². The largest absolute Gasteiger partial charge is 0.486 e. The first kappa shape index (κ1) is 15.3. The average molecular weight is 335 g/mol. The highest BCUT2D eigenvalue weighted by Gasteiger charge is 2.12. The van der Waals surface area contributed by atoms with Crippen molar-refractivity contribution in [1.29, 1.82) is 0 Å². The highest BCUT2D eigenvalue weighted by molar-refractivity contribution is 7.98. The number of aryl methyl sites for hydroxylation is 1. The van der Waals surface area contributed by atoms with Crippen LogP contribution in [0.25, 0.3) is 0 Å². The molecule has 0 aliphatic heterocycles. The third-order valence-electron chi connectivity index (χ3n) is 2.94. The van der Waals surface area contributed by atoms with Crippen molar-refractivity contribution in [2.24, 2.45) is 0 Å². The van der Waals surface area contributed by atoms with Gasteiger partial charge in [0.25, 0.3) is 0 Å². The van der Waals surface area contributed by atoms with Gasteiger partial charge in [0, 0.05) is 11.8 Å². The van der Waals surface area contributed by atoms with Gasteiger partial charge in [-0.3, -0.25) is 0 Å². The van der Waals surface area contributed by atoms with Gasteiger partial charge in [0.2, 0.25) is 5.16 Å². The number of rotatable bonds is 6. The van der Waals surface area contributed by atoms with Gasteiger partial charge in [-0.15, -0.1) is 10.2 Å². The molecular weight excluding hydrogens is 321 g/mol. The molecule has 0 aliphatic carbocycles. The van der Waals surface area contributed by atoms with E-state index in [0.717, 1.165) is 11.5 Å². The van der Waals surface area contributed by atoms with E-state index in [1.807, 2.05) is 13.0 Å². The van der Waals surface area contributed by atoms with Crippen LogP contribution in [-0.2, 0) is 12.4 Å². The van der Waals surface area contributed by atoms with Crippen LogP contribution in [0.1, 0.15) is 17.3 Å². The van der Waals surface area contributed by atoms with Crippen LogP contribution in [0.5, 0.6) is 5.75 Å². The maximum atomic E-state index is 12.8. The van der Waals surface area contributed by atoms with Crippen LogP contribution < -0.4 is 10.6 Å². The lowest BCUT2D eigenvalue weighted by atomic mass is 10.3. The summed E-state index contributed by atoms with van der Waals surface area (Å²) < 4.78 is 24.7. The number of nitrogens with two attached hydrogens (primary N) is 1. The number of thioether (sulfide) groups is 1. The molecule has 0 aliphatic rings. The number of nitrogens with zero attached hydrogens (tertiary/aromatic N) is 4. The van der Waals surface area contributed by atoms with Gasteiger partial charge < -0.3 is 15.1 Å². The normalized spacial score (nSPS) is 10.9. The van der Waals surface area contributed by atoms with E-state index in [1.54, 1.807) is 0 Å². The van der Waals surface area contributed by atoms with Crippen molar-refractivity contribution in [2.45, 2.75) is 24.4 Å². The lowest BCUT2D eigenvalue weighted by Crippen LogP contribution is -2.15. The summed E-state index contributed by atoms with van der Waals surface area (Å²) in [6.45, 7) is 1.97. The summed E-state index contributed by atoms with van der Waals surface area (Å²) in [6, 6.07) is 7.57. The second-order valence-electron chi connectivity index (χ2n) is 4.73. The molecule has 0 unspecified atom stereocenters. The molecule has 2 N–H and O–H groups in total. The van der Waals surface area contributed by atoms with Crippen molar-refractivity contribution >= 4 is 11.8 Å². The molecule has 120 valence electrons. The number of halogens is 1. The summed E-state index contributed by atoms with van der Waals surface area (Å²) in [6.07, 6.45) is 0. The van der Waals surface area contributed by atoms with Crippen molar-refractivity contribution in [3.8, 4) is 5.75 Å². The lowest BCUT2D eigenvalue weighted by Gasteiger charge is -2.06. The standard InChI is InChI=1S/C14H14FN5O2S/c1-9-6-11(19-22-9)8-23-14-18-17-13(20(14)16)7-21-12-4-2-10(15)3-5-12/h2-6H,7-8,16H2,1H3.